The zero-order valence-corrected chi connectivity index (χ0v) is 11.4. The van der Waals surface area contributed by atoms with Crippen molar-refractivity contribution in [2.24, 2.45) is 11.7 Å². The zero-order valence-electron chi connectivity index (χ0n) is 11.4. The van der Waals surface area contributed by atoms with E-state index in [1.165, 1.54) is 19.3 Å². The van der Waals surface area contributed by atoms with Crippen molar-refractivity contribution < 1.29 is 4.74 Å². The Balaban J connectivity index is 1.93. The summed E-state index contributed by atoms with van der Waals surface area (Å²) in [4.78, 5) is 0. The average Bonchev–Trinajstić information content (AvgIpc) is 2.78. The van der Waals surface area contributed by atoms with Crippen molar-refractivity contribution in [2.75, 3.05) is 11.9 Å². The normalized spacial score (nSPS) is 23.3. The van der Waals surface area contributed by atoms with Gasteiger partial charge in [0.05, 0.1) is 6.10 Å². The number of nitrogens with two attached hydrogens (primary N) is 1. The number of benzene rings is 1. The highest BCUT2D eigenvalue weighted by Crippen LogP contribution is 2.28. The van der Waals surface area contributed by atoms with E-state index < -0.39 is 0 Å². The van der Waals surface area contributed by atoms with Gasteiger partial charge in [0.2, 0.25) is 0 Å². The van der Waals surface area contributed by atoms with E-state index in [2.05, 4.69) is 17.4 Å². The monoisotopic (exact) mass is 248 g/mol. The van der Waals surface area contributed by atoms with Gasteiger partial charge < -0.3 is 15.8 Å². The smallest absolute Gasteiger partial charge is 0.119 e. The van der Waals surface area contributed by atoms with Gasteiger partial charge in [-0.15, -0.1) is 0 Å². The largest absolute Gasteiger partial charge is 0.491 e. The van der Waals surface area contributed by atoms with Crippen LogP contribution in [0.15, 0.2) is 24.3 Å². The van der Waals surface area contributed by atoms with E-state index in [0.29, 0.717) is 12.0 Å². The Kier molecular flexibility index (Phi) is 4.48. The minimum absolute atomic E-state index is 0.222. The van der Waals surface area contributed by atoms with E-state index >= 15 is 0 Å². The van der Waals surface area contributed by atoms with Crippen molar-refractivity contribution in [3.63, 3.8) is 0 Å². The Morgan fingerprint density at radius 2 is 2.00 bits per heavy atom. The van der Waals surface area contributed by atoms with Crippen LogP contribution in [0.2, 0.25) is 0 Å². The van der Waals surface area contributed by atoms with Crippen molar-refractivity contribution in [1.29, 1.82) is 0 Å². The summed E-state index contributed by atoms with van der Waals surface area (Å²) in [7, 11) is 0. The van der Waals surface area contributed by atoms with E-state index in [0.717, 1.165) is 18.0 Å². The lowest BCUT2D eigenvalue weighted by atomic mass is 10.0. The lowest BCUT2D eigenvalue weighted by Crippen LogP contribution is -2.29. The fourth-order valence-electron chi connectivity index (χ4n) is 2.62. The zero-order chi connectivity index (χ0) is 13.0. The number of nitrogens with one attached hydrogen (secondary N) is 1. The Morgan fingerprint density at radius 3 is 2.61 bits per heavy atom. The molecule has 0 amide bonds. The predicted molar refractivity (Wildman–Crippen MR) is 76.0 cm³/mol. The van der Waals surface area contributed by atoms with Gasteiger partial charge in [0.25, 0.3) is 0 Å². The van der Waals surface area contributed by atoms with E-state index in [9.17, 15) is 0 Å². The van der Waals surface area contributed by atoms with Crippen LogP contribution in [0, 0.1) is 5.92 Å². The molecular formula is C15H24N2O. The molecule has 1 aromatic carbocycles. The molecule has 0 aromatic heterocycles. The Bertz CT molecular complexity index is 361. The second-order valence-electron chi connectivity index (χ2n) is 5.37. The maximum Gasteiger partial charge on any atom is 0.119 e. The van der Waals surface area contributed by atoms with Crippen molar-refractivity contribution in [1.82, 2.24) is 0 Å². The lowest BCUT2D eigenvalue weighted by molar-refractivity contribution is 0.242. The molecule has 2 atom stereocenters. The third kappa shape index (κ3) is 3.39. The molecule has 1 aliphatic rings. The van der Waals surface area contributed by atoms with E-state index in [1.54, 1.807) is 0 Å². The summed E-state index contributed by atoms with van der Waals surface area (Å²) in [6.07, 6.45) is 3.99. The SMILES string of the molecule is CC(C)Oc1ccc(NC2CCCC2CN)cc1. The molecule has 0 bridgehead atoms. The molecule has 0 heterocycles. The molecule has 3 heteroatoms. The van der Waals surface area contributed by atoms with E-state index in [4.69, 9.17) is 10.5 Å². The molecule has 3 N–H and O–H groups in total. The second kappa shape index (κ2) is 6.10. The summed E-state index contributed by atoms with van der Waals surface area (Å²) >= 11 is 0. The summed E-state index contributed by atoms with van der Waals surface area (Å²) in [5, 5.41) is 3.59. The first-order valence-electron chi connectivity index (χ1n) is 6.92. The molecule has 2 rings (SSSR count). The number of hydrogen-bond donors (Lipinski definition) is 2. The van der Waals surface area contributed by atoms with Crippen LogP contribution < -0.4 is 15.8 Å². The van der Waals surface area contributed by atoms with Gasteiger partial charge in [-0.2, -0.15) is 0 Å². The molecule has 18 heavy (non-hydrogen) atoms. The Labute approximate surface area is 110 Å². The quantitative estimate of drug-likeness (QED) is 0.842. The van der Waals surface area contributed by atoms with Gasteiger partial charge in [0.15, 0.2) is 0 Å². The Morgan fingerprint density at radius 1 is 1.28 bits per heavy atom. The highest BCUT2D eigenvalue weighted by atomic mass is 16.5. The first-order chi connectivity index (χ1) is 8.69. The molecule has 0 radical (unpaired) electrons. The second-order valence-corrected chi connectivity index (χ2v) is 5.37. The van der Waals surface area contributed by atoms with Crippen molar-refractivity contribution in [3.05, 3.63) is 24.3 Å². The maximum atomic E-state index is 5.80. The van der Waals surface area contributed by atoms with Crippen LogP contribution >= 0.6 is 0 Å². The van der Waals surface area contributed by atoms with Crippen LogP contribution in [0.25, 0.3) is 0 Å². The molecule has 0 saturated heterocycles. The highest BCUT2D eigenvalue weighted by molar-refractivity contribution is 5.47. The fourth-order valence-corrected chi connectivity index (χ4v) is 2.62. The number of ether oxygens (including phenoxy) is 1. The molecule has 100 valence electrons. The summed E-state index contributed by atoms with van der Waals surface area (Å²) in [5.41, 5.74) is 6.96. The summed E-state index contributed by atoms with van der Waals surface area (Å²) in [6.45, 7) is 4.86. The standard InChI is InChI=1S/C15H24N2O/c1-11(2)18-14-8-6-13(7-9-14)17-15-5-3-4-12(15)10-16/h6-9,11-12,15,17H,3-5,10,16H2,1-2H3. The fraction of sp³-hybridized carbons (Fsp3) is 0.600. The average molecular weight is 248 g/mol. The molecule has 1 saturated carbocycles. The van der Waals surface area contributed by atoms with Gasteiger partial charge in [0, 0.05) is 11.7 Å². The van der Waals surface area contributed by atoms with Gasteiger partial charge in [-0.05, 0) is 63.4 Å². The van der Waals surface area contributed by atoms with Gasteiger partial charge in [-0.25, -0.2) is 0 Å². The van der Waals surface area contributed by atoms with E-state index in [1.807, 2.05) is 26.0 Å². The molecule has 1 aromatic rings. The first kappa shape index (κ1) is 13.2. The molecular weight excluding hydrogens is 224 g/mol. The van der Waals surface area contributed by atoms with Crippen LogP contribution in [0.1, 0.15) is 33.1 Å². The molecule has 3 nitrogen and oxygen atoms in total. The van der Waals surface area contributed by atoms with Gasteiger partial charge >= 0.3 is 0 Å². The van der Waals surface area contributed by atoms with Crippen LogP contribution in [-0.2, 0) is 0 Å². The first-order valence-corrected chi connectivity index (χ1v) is 6.92. The summed E-state index contributed by atoms with van der Waals surface area (Å²) in [6, 6.07) is 8.75. The van der Waals surface area contributed by atoms with Crippen molar-refractivity contribution in [2.45, 2.75) is 45.3 Å². The minimum Gasteiger partial charge on any atom is -0.491 e. The van der Waals surface area contributed by atoms with Crippen LogP contribution in [0.4, 0.5) is 5.69 Å². The van der Waals surface area contributed by atoms with Gasteiger partial charge in [0.1, 0.15) is 5.75 Å². The van der Waals surface area contributed by atoms with E-state index in [-0.39, 0.29) is 6.10 Å². The van der Waals surface area contributed by atoms with Crippen molar-refractivity contribution >= 4 is 5.69 Å². The molecule has 2 unspecified atom stereocenters. The molecule has 0 spiro atoms. The highest BCUT2D eigenvalue weighted by Gasteiger charge is 2.25. The molecule has 1 fully saturated rings. The van der Waals surface area contributed by atoms with Crippen molar-refractivity contribution in [3.8, 4) is 5.75 Å². The van der Waals surface area contributed by atoms with Gasteiger partial charge in [-0.3, -0.25) is 0 Å². The topological polar surface area (TPSA) is 47.3 Å². The van der Waals surface area contributed by atoms with Crippen LogP contribution in [0.3, 0.4) is 0 Å². The molecule has 1 aliphatic carbocycles. The minimum atomic E-state index is 0.222. The lowest BCUT2D eigenvalue weighted by Gasteiger charge is -2.21. The predicted octanol–water partition coefficient (Wildman–Crippen LogP) is 3.01. The number of hydrogen-bond acceptors (Lipinski definition) is 3. The van der Waals surface area contributed by atoms with Crippen LogP contribution in [-0.4, -0.2) is 18.7 Å². The van der Waals surface area contributed by atoms with Gasteiger partial charge in [-0.1, -0.05) is 6.42 Å². The molecule has 0 aliphatic heterocycles. The third-order valence-corrected chi connectivity index (χ3v) is 3.54. The number of rotatable bonds is 5. The summed E-state index contributed by atoms with van der Waals surface area (Å²) in [5.74, 6) is 1.55. The maximum absolute atomic E-state index is 5.80. The third-order valence-electron chi connectivity index (χ3n) is 3.54. The van der Waals surface area contributed by atoms with Crippen LogP contribution in [0.5, 0.6) is 5.75 Å². The summed E-state index contributed by atoms with van der Waals surface area (Å²) < 4.78 is 5.63. The number of anilines is 1. The Hall–Kier alpha value is -1.22.